The number of anilines is 1. The third-order valence-electron chi connectivity index (χ3n) is 3.00. The maximum absolute atomic E-state index is 9.39. The molecular formula is C12H19N3OS. The molecule has 0 aromatic carbocycles. The summed E-state index contributed by atoms with van der Waals surface area (Å²) < 4.78 is 0. The highest BCUT2D eigenvalue weighted by Gasteiger charge is 2.26. The second kappa shape index (κ2) is 4.98. The number of nitrogens with two attached hydrogens (primary N) is 1. The number of aromatic nitrogens is 1. The number of aryl methyl sites for hydroxylation is 1. The Balaban J connectivity index is 3.32. The fourth-order valence-corrected chi connectivity index (χ4v) is 1.75. The van der Waals surface area contributed by atoms with E-state index in [0.29, 0.717) is 10.8 Å². The summed E-state index contributed by atoms with van der Waals surface area (Å²) in [6, 6.07) is 1.87. The smallest absolute Gasteiger partial charge is 0.139 e. The van der Waals surface area contributed by atoms with Gasteiger partial charge in [0.2, 0.25) is 0 Å². The Morgan fingerprint density at radius 1 is 1.59 bits per heavy atom. The first-order valence-corrected chi connectivity index (χ1v) is 5.82. The zero-order valence-corrected chi connectivity index (χ0v) is 11.5. The molecule has 5 heteroatoms. The minimum atomic E-state index is -0.416. The molecular weight excluding hydrogens is 234 g/mol. The van der Waals surface area contributed by atoms with Gasteiger partial charge in [0.25, 0.3) is 0 Å². The molecule has 1 aromatic rings. The van der Waals surface area contributed by atoms with Gasteiger partial charge in [0.05, 0.1) is 17.7 Å². The summed E-state index contributed by atoms with van der Waals surface area (Å²) in [7, 11) is 1.87. The first-order valence-electron chi connectivity index (χ1n) is 5.41. The van der Waals surface area contributed by atoms with Gasteiger partial charge in [-0.05, 0) is 32.4 Å². The van der Waals surface area contributed by atoms with E-state index in [1.165, 1.54) is 0 Å². The van der Waals surface area contributed by atoms with Crippen LogP contribution in [0.4, 0.5) is 5.82 Å². The van der Waals surface area contributed by atoms with E-state index in [4.69, 9.17) is 18.0 Å². The number of hydrogen-bond acceptors (Lipinski definition) is 4. The van der Waals surface area contributed by atoms with Gasteiger partial charge in [-0.1, -0.05) is 12.2 Å². The highest BCUT2D eigenvalue weighted by Crippen LogP contribution is 2.25. The van der Waals surface area contributed by atoms with Crippen LogP contribution < -0.4 is 10.6 Å². The van der Waals surface area contributed by atoms with Crippen molar-refractivity contribution in [2.75, 3.05) is 18.6 Å². The Morgan fingerprint density at radius 3 is 2.65 bits per heavy atom. The summed E-state index contributed by atoms with van der Waals surface area (Å²) >= 11 is 5.06. The summed E-state index contributed by atoms with van der Waals surface area (Å²) in [6.45, 7) is 5.83. The zero-order chi connectivity index (χ0) is 13.2. The van der Waals surface area contributed by atoms with Crippen molar-refractivity contribution >= 4 is 23.0 Å². The number of hydrogen-bond donors (Lipinski definition) is 2. The Morgan fingerprint density at radius 2 is 2.18 bits per heavy atom. The van der Waals surface area contributed by atoms with Crippen LogP contribution in [0.5, 0.6) is 0 Å². The quantitative estimate of drug-likeness (QED) is 0.790. The van der Waals surface area contributed by atoms with E-state index in [-0.39, 0.29) is 6.61 Å². The summed E-state index contributed by atoms with van der Waals surface area (Å²) in [6.07, 6.45) is 1.72. The molecule has 4 nitrogen and oxygen atoms in total. The van der Waals surface area contributed by atoms with Gasteiger partial charge in [0.15, 0.2) is 0 Å². The zero-order valence-electron chi connectivity index (χ0n) is 10.7. The Bertz CT molecular complexity index is 432. The van der Waals surface area contributed by atoms with Gasteiger partial charge in [-0.15, -0.1) is 0 Å². The van der Waals surface area contributed by atoms with E-state index in [1.807, 2.05) is 38.8 Å². The average molecular weight is 253 g/mol. The van der Waals surface area contributed by atoms with Crippen LogP contribution in [-0.2, 0) is 0 Å². The molecule has 0 aliphatic rings. The molecule has 1 rings (SSSR count). The molecule has 0 amide bonds. The number of aliphatic hydroxyl groups excluding tert-OH is 1. The van der Waals surface area contributed by atoms with Gasteiger partial charge in [0.1, 0.15) is 10.8 Å². The fraction of sp³-hybridized carbons (Fsp3) is 0.500. The second-order valence-corrected chi connectivity index (χ2v) is 5.16. The molecule has 0 spiro atoms. The molecule has 0 fully saturated rings. The van der Waals surface area contributed by atoms with Crippen molar-refractivity contribution in [2.45, 2.75) is 26.3 Å². The van der Waals surface area contributed by atoms with Gasteiger partial charge in [-0.3, -0.25) is 0 Å². The summed E-state index contributed by atoms with van der Waals surface area (Å²) in [4.78, 5) is 6.54. The largest absolute Gasteiger partial charge is 0.394 e. The van der Waals surface area contributed by atoms with Crippen LogP contribution in [-0.4, -0.2) is 34.3 Å². The van der Waals surface area contributed by atoms with Crippen LogP contribution in [0.1, 0.15) is 25.0 Å². The molecule has 0 radical (unpaired) electrons. The maximum atomic E-state index is 9.39. The standard InChI is InChI=1S/C12H19N3OS/c1-8-5-6-14-11(9(8)10(13)17)15(4)12(2,3)7-16/h5-6,16H,7H2,1-4H3,(H2,13,17). The highest BCUT2D eigenvalue weighted by atomic mass is 32.1. The molecule has 3 N–H and O–H groups in total. The molecule has 0 aliphatic heterocycles. The molecule has 0 saturated carbocycles. The van der Waals surface area contributed by atoms with E-state index in [9.17, 15) is 5.11 Å². The predicted molar refractivity (Wildman–Crippen MR) is 74.4 cm³/mol. The lowest BCUT2D eigenvalue weighted by Gasteiger charge is -2.36. The Labute approximate surface area is 107 Å². The second-order valence-electron chi connectivity index (χ2n) is 4.72. The SMILES string of the molecule is Cc1ccnc(N(C)C(C)(C)CO)c1C(N)=S. The minimum absolute atomic E-state index is 0.0237. The van der Waals surface area contributed by atoms with E-state index >= 15 is 0 Å². The molecule has 0 aliphatic carbocycles. The van der Waals surface area contributed by atoms with Crippen LogP contribution in [0, 0.1) is 6.92 Å². The lowest BCUT2D eigenvalue weighted by Crippen LogP contribution is -2.45. The van der Waals surface area contributed by atoms with E-state index in [2.05, 4.69) is 4.98 Å². The van der Waals surface area contributed by atoms with Gasteiger partial charge in [0, 0.05) is 13.2 Å². The van der Waals surface area contributed by atoms with Crippen molar-refractivity contribution in [3.8, 4) is 0 Å². The minimum Gasteiger partial charge on any atom is -0.394 e. The van der Waals surface area contributed by atoms with E-state index < -0.39 is 5.54 Å². The van der Waals surface area contributed by atoms with Crippen molar-refractivity contribution in [1.82, 2.24) is 4.98 Å². The summed E-state index contributed by atoms with van der Waals surface area (Å²) in [5, 5.41) is 9.39. The monoisotopic (exact) mass is 253 g/mol. The third-order valence-corrected chi connectivity index (χ3v) is 3.20. The topological polar surface area (TPSA) is 62.4 Å². The van der Waals surface area contributed by atoms with Gasteiger partial charge < -0.3 is 15.7 Å². The van der Waals surface area contributed by atoms with Gasteiger partial charge in [-0.25, -0.2) is 4.98 Å². The maximum Gasteiger partial charge on any atom is 0.139 e. The molecule has 0 bridgehead atoms. The van der Waals surface area contributed by atoms with Gasteiger partial charge in [-0.2, -0.15) is 0 Å². The molecule has 1 aromatic heterocycles. The number of thiocarbonyl (C=S) groups is 1. The van der Waals surface area contributed by atoms with Crippen molar-refractivity contribution in [2.24, 2.45) is 5.73 Å². The first-order chi connectivity index (χ1) is 7.81. The number of nitrogens with zero attached hydrogens (tertiary/aromatic N) is 2. The van der Waals surface area contributed by atoms with Crippen molar-refractivity contribution < 1.29 is 5.11 Å². The number of pyridine rings is 1. The molecule has 17 heavy (non-hydrogen) atoms. The molecule has 0 saturated heterocycles. The lowest BCUT2D eigenvalue weighted by molar-refractivity contribution is 0.215. The van der Waals surface area contributed by atoms with Crippen molar-refractivity contribution in [3.05, 3.63) is 23.4 Å². The number of aliphatic hydroxyl groups is 1. The first kappa shape index (κ1) is 13.9. The average Bonchev–Trinajstić information content (AvgIpc) is 2.27. The van der Waals surface area contributed by atoms with Crippen LogP contribution in [0.25, 0.3) is 0 Å². The summed E-state index contributed by atoms with van der Waals surface area (Å²) in [5.41, 5.74) is 7.08. The fourth-order valence-electron chi connectivity index (χ4n) is 1.50. The molecule has 0 atom stereocenters. The van der Waals surface area contributed by atoms with Crippen LogP contribution in [0.3, 0.4) is 0 Å². The predicted octanol–water partition coefficient (Wildman–Crippen LogP) is 1.23. The molecule has 94 valence electrons. The van der Waals surface area contributed by atoms with Crippen molar-refractivity contribution in [1.29, 1.82) is 0 Å². The van der Waals surface area contributed by atoms with E-state index in [1.54, 1.807) is 6.20 Å². The molecule has 0 unspecified atom stereocenters. The third kappa shape index (κ3) is 2.73. The Hall–Kier alpha value is -1.20. The van der Waals surface area contributed by atoms with Crippen LogP contribution in [0.15, 0.2) is 12.3 Å². The number of likely N-dealkylation sites (N-methyl/N-ethyl adjacent to an activating group) is 1. The van der Waals surface area contributed by atoms with Crippen LogP contribution >= 0.6 is 12.2 Å². The lowest BCUT2D eigenvalue weighted by atomic mass is 10.0. The normalized spacial score (nSPS) is 11.4. The van der Waals surface area contributed by atoms with Gasteiger partial charge >= 0.3 is 0 Å². The summed E-state index contributed by atoms with van der Waals surface area (Å²) in [5.74, 6) is 0.705. The van der Waals surface area contributed by atoms with Crippen molar-refractivity contribution in [3.63, 3.8) is 0 Å². The molecule has 1 heterocycles. The van der Waals surface area contributed by atoms with Crippen LogP contribution in [0.2, 0.25) is 0 Å². The highest BCUT2D eigenvalue weighted by molar-refractivity contribution is 7.80. The number of rotatable bonds is 4. The Kier molecular flexibility index (Phi) is 4.06. The van der Waals surface area contributed by atoms with E-state index in [0.717, 1.165) is 11.1 Å².